The smallest absolute Gasteiger partial charge is 0.277 e. The number of rotatable bonds is 2. The van der Waals surface area contributed by atoms with Crippen LogP contribution in [0.15, 0.2) is 16.4 Å². The summed E-state index contributed by atoms with van der Waals surface area (Å²) in [4.78, 5) is 20.1. The number of amides is 1. The summed E-state index contributed by atoms with van der Waals surface area (Å²) in [5, 5.41) is 1.60. The maximum Gasteiger partial charge on any atom is 0.325 e. The number of nitrogens with one attached hydrogen (secondary N) is 1. The second kappa shape index (κ2) is 2.45. The minimum absolute atomic E-state index is 0.192. The van der Waals surface area contributed by atoms with E-state index in [0.29, 0.717) is 6.41 Å². The maximum absolute atomic E-state index is 10.6. The summed E-state index contributed by atoms with van der Waals surface area (Å²) in [6.45, 7) is 0. The zero-order valence-corrected chi connectivity index (χ0v) is 5.22. The average molecular weight is 144 g/mol. The predicted molar refractivity (Wildman–Crippen MR) is 34.0 cm³/mol. The first-order chi connectivity index (χ1) is 4.34. The number of aromatic nitrogens is 1. The Labute approximate surface area is 54.7 Å². The molecule has 0 aromatic carbocycles. The van der Waals surface area contributed by atoms with Crippen molar-refractivity contribution in [1.29, 1.82) is 0 Å². The second-order valence-corrected chi connectivity index (χ2v) is 2.14. The van der Waals surface area contributed by atoms with E-state index >= 15 is 0 Å². The lowest BCUT2D eigenvalue weighted by atomic mass is 11.0. The molecule has 1 amide bonds. The van der Waals surface area contributed by atoms with Crippen LogP contribution in [0.1, 0.15) is 0 Å². The van der Waals surface area contributed by atoms with E-state index < -0.39 is 0 Å². The lowest BCUT2D eigenvalue weighted by molar-refractivity contribution is -0.106. The van der Waals surface area contributed by atoms with Gasteiger partial charge in [-0.15, -0.1) is 0 Å². The highest BCUT2D eigenvalue weighted by Crippen LogP contribution is 1.82. The van der Waals surface area contributed by atoms with Crippen LogP contribution in [-0.2, 0) is 4.79 Å². The normalized spacial score (nSPS) is 8.89. The Bertz CT molecular complexity index is 251. The first-order valence-corrected chi connectivity index (χ1v) is 3.09. The fourth-order valence-corrected chi connectivity index (χ4v) is 0.946. The summed E-state index contributed by atoms with van der Waals surface area (Å²) >= 11 is 1.03. The summed E-state index contributed by atoms with van der Waals surface area (Å²) in [5.74, 6) is 0. The van der Waals surface area contributed by atoms with Crippen LogP contribution < -0.4 is 10.3 Å². The Balaban J connectivity index is 2.93. The van der Waals surface area contributed by atoms with Crippen LogP contribution >= 0.6 is 11.3 Å². The number of nitrogens with zero attached hydrogens (tertiary/aromatic N) is 1. The van der Waals surface area contributed by atoms with Gasteiger partial charge >= 0.3 is 4.87 Å². The molecule has 0 aliphatic rings. The molecule has 0 spiro atoms. The molecule has 0 saturated carbocycles. The van der Waals surface area contributed by atoms with Crippen molar-refractivity contribution in [1.82, 2.24) is 4.68 Å². The summed E-state index contributed by atoms with van der Waals surface area (Å²) in [6, 6.07) is 0. The van der Waals surface area contributed by atoms with Crippen LogP contribution in [-0.4, -0.2) is 11.1 Å². The van der Waals surface area contributed by atoms with Crippen molar-refractivity contribution < 1.29 is 4.79 Å². The molecule has 4 nitrogen and oxygen atoms in total. The third kappa shape index (κ3) is 1.17. The molecule has 1 heterocycles. The quantitative estimate of drug-likeness (QED) is 0.575. The highest BCUT2D eigenvalue weighted by atomic mass is 32.1. The molecule has 0 aliphatic carbocycles. The second-order valence-electron chi connectivity index (χ2n) is 1.29. The van der Waals surface area contributed by atoms with Gasteiger partial charge < -0.3 is 0 Å². The van der Waals surface area contributed by atoms with E-state index in [1.54, 1.807) is 5.38 Å². The summed E-state index contributed by atoms with van der Waals surface area (Å²) in [7, 11) is 0. The molecule has 5 heteroatoms. The first kappa shape index (κ1) is 6.03. The Morgan fingerprint density at radius 2 is 2.56 bits per heavy atom. The zero-order valence-electron chi connectivity index (χ0n) is 4.40. The lowest BCUT2D eigenvalue weighted by Gasteiger charge is -1.91. The highest BCUT2D eigenvalue weighted by Gasteiger charge is 1.89. The molecule has 0 fully saturated rings. The van der Waals surface area contributed by atoms with Crippen LogP contribution in [0, 0.1) is 0 Å². The minimum atomic E-state index is -0.192. The van der Waals surface area contributed by atoms with E-state index in [4.69, 9.17) is 0 Å². The predicted octanol–water partition coefficient (Wildman–Crippen LogP) is -0.390. The minimum Gasteiger partial charge on any atom is -0.277 e. The number of carbonyl (C=O) groups is 1. The van der Waals surface area contributed by atoms with Gasteiger partial charge in [-0.2, -0.15) is 0 Å². The number of hydrogen-bond acceptors (Lipinski definition) is 3. The van der Waals surface area contributed by atoms with Gasteiger partial charge in [0.25, 0.3) is 0 Å². The molecule has 1 rings (SSSR count). The molecule has 1 aromatic heterocycles. The fraction of sp³-hybridized carbons (Fsp3) is 0. The Kier molecular flexibility index (Phi) is 1.64. The van der Waals surface area contributed by atoms with E-state index in [1.165, 1.54) is 6.20 Å². The molecule has 1 N–H and O–H groups in total. The molecular weight excluding hydrogens is 140 g/mol. The Morgan fingerprint density at radius 3 is 3.00 bits per heavy atom. The number of thiazole rings is 1. The molecular formula is C4H4N2O2S. The third-order valence-electron chi connectivity index (χ3n) is 0.767. The number of carbonyl (C=O) groups excluding carboxylic acids is 1. The van der Waals surface area contributed by atoms with E-state index in [1.807, 2.05) is 0 Å². The zero-order chi connectivity index (χ0) is 6.69. The molecule has 9 heavy (non-hydrogen) atoms. The highest BCUT2D eigenvalue weighted by molar-refractivity contribution is 7.07. The van der Waals surface area contributed by atoms with Crippen LogP contribution in [0.25, 0.3) is 0 Å². The van der Waals surface area contributed by atoms with E-state index in [-0.39, 0.29) is 4.87 Å². The molecule has 0 radical (unpaired) electrons. The summed E-state index contributed by atoms with van der Waals surface area (Å²) < 4.78 is 1.11. The van der Waals surface area contributed by atoms with Crippen LogP contribution in [0.5, 0.6) is 0 Å². The van der Waals surface area contributed by atoms with Crippen LogP contribution in [0.3, 0.4) is 0 Å². The van der Waals surface area contributed by atoms with Crippen molar-refractivity contribution in [3.8, 4) is 0 Å². The third-order valence-corrected chi connectivity index (χ3v) is 1.42. The molecule has 0 saturated heterocycles. The SMILES string of the molecule is O=CNn1ccsc1=O. The van der Waals surface area contributed by atoms with E-state index in [2.05, 4.69) is 5.43 Å². The molecule has 0 aliphatic heterocycles. The molecule has 48 valence electrons. The van der Waals surface area contributed by atoms with Crippen molar-refractivity contribution in [2.45, 2.75) is 0 Å². The van der Waals surface area contributed by atoms with Crippen molar-refractivity contribution in [3.05, 3.63) is 21.2 Å². The Morgan fingerprint density at radius 1 is 1.78 bits per heavy atom. The van der Waals surface area contributed by atoms with E-state index in [9.17, 15) is 9.59 Å². The van der Waals surface area contributed by atoms with Gasteiger partial charge in [0.05, 0.1) is 0 Å². The van der Waals surface area contributed by atoms with Gasteiger partial charge in [0.1, 0.15) is 0 Å². The summed E-state index contributed by atoms with van der Waals surface area (Å²) in [6.07, 6.45) is 1.94. The van der Waals surface area contributed by atoms with Crippen LogP contribution in [0.4, 0.5) is 0 Å². The topological polar surface area (TPSA) is 51.1 Å². The maximum atomic E-state index is 10.6. The molecule has 0 unspecified atom stereocenters. The molecule has 0 bridgehead atoms. The largest absolute Gasteiger partial charge is 0.325 e. The van der Waals surface area contributed by atoms with Crippen molar-refractivity contribution in [2.75, 3.05) is 5.43 Å². The van der Waals surface area contributed by atoms with Gasteiger partial charge in [0.15, 0.2) is 0 Å². The first-order valence-electron chi connectivity index (χ1n) is 2.21. The standard InChI is InChI=1S/C4H4N2O2S/c7-3-5-6-1-2-9-4(6)8/h1-3H,(H,5,7). The van der Waals surface area contributed by atoms with E-state index in [0.717, 1.165) is 16.0 Å². The van der Waals surface area contributed by atoms with Gasteiger partial charge in [-0.05, 0) is 0 Å². The van der Waals surface area contributed by atoms with Crippen molar-refractivity contribution in [2.24, 2.45) is 0 Å². The van der Waals surface area contributed by atoms with Gasteiger partial charge in [-0.1, -0.05) is 11.3 Å². The van der Waals surface area contributed by atoms with Crippen molar-refractivity contribution in [3.63, 3.8) is 0 Å². The monoisotopic (exact) mass is 144 g/mol. The molecule has 1 aromatic rings. The van der Waals surface area contributed by atoms with Gasteiger partial charge in [-0.3, -0.25) is 15.0 Å². The molecule has 0 atom stereocenters. The fourth-order valence-electron chi connectivity index (χ4n) is 0.420. The lowest BCUT2D eigenvalue weighted by Crippen LogP contribution is -2.21. The Hall–Kier alpha value is -1.10. The van der Waals surface area contributed by atoms with Gasteiger partial charge in [-0.25, -0.2) is 4.68 Å². The number of hydrogen-bond donors (Lipinski definition) is 1. The average Bonchev–Trinajstić information content (AvgIpc) is 2.18. The van der Waals surface area contributed by atoms with Crippen molar-refractivity contribution >= 4 is 17.7 Å². The van der Waals surface area contributed by atoms with Gasteiger partial charge in [0, 0.05) is 11.6 Å². The summed E-state index contributed by atoms with van der Waals surface area (Å²) in [5.41, 5.74) is 2.19. The van der Waals surface area contributed by atoms with Gasteiger partial charge in [0.2, 0.25) is 6.41 Å². The van der Waals surface area contributed by atoms with Crippen LogP contribution in [0.2, 0.25) is 0 Å².